The van der Waals surface area contributed by atoms with Gasteiger partial charge in [0.15, 0.2) is 11.6 Å². The number of non-ortho nitro benzene ring substituents is 1. The molecule has 6 nitrogen and oxygen atoms in total. The van der Waals surface area contributed by atoms with Gasteiger partial charge in [-0.25, -0.2) is 0 Å². The molecule has 0 aromatic heterocycles. The van der Waals surface area contributed by atoms with Crippen LogP contribution in [0.3, 0.4) is 0 Å². The summed E-state index contributed by atoms with van der Waals surface area (Å²) in [6.45, 7) is 0.410. The second kappa shape index (κ2) is 4.66. The number of nitro benzene ring substituents is 1. The van der Waals surface area contributed by atoms with Crippen molar-refractivity contribution in [2.45, 2.75) is 12.8 Å². The van der Waals surface area contributed by atoms with Crippen molar-refractivity contribution in [1.29, 1.82) is 0 Å². The molecule has 0 saturated carbocycles. The fourth-order valence-electron chi connectivity index (χ4n) is 2.14. The van der Waals surface area contributed by atoms with Gasteiger partial charge in [-0.15, -0.1) is 0 Å². The highest BCUT2D eigenvalue weighted by atomic mass is 16.6. The molecule has 1 aliphatic rings. The Bertz CT molecular complexity index is 539. The number of carbonyl (C=O) groups is 2. The third-order valence-electron chi connectivity index (χ3n) is 3.07. The number of nitrogens with two attached hydrogens (primary N) is 1. The van der Waals surface area contributed by atoms with Gasteiger partial charge < -0.3 is 5.73 Å². The van der Waals surface area contributed by atoms with Crippen LogP contribution in [0.4, 0.5) is 5.69 Å². The van der Waals surface area contributed by atoms with E-state index in [9.17, 15) is 19.7 Å². The molecule has 18 heavy (non-hydrogen) atoms. The highest BCUT2D eigenvalue weighted by molar-refractivity contribution is 6.26. The number of nitro groups is 1. The zero-order chi connectivity index (χ0) is 13.3. The van der Waals surface area contributed by atoms with Gasteiger partial charge in [-0.3, -0.25) is 19.7 Å². The molecule has 0 saturated heterocycles. The molecule has 1 unspecified atom stereocenters. The predicted octanol–water partition coefficient (Wildman–Crippen LogP) is 1.33. The molecule has 1 aromatic carbocycles. The molecule has 1 aromatic rings. The van der Waals surface area contributed by atoms with Crippen LogP contribution in [-0.2, 0) is 0 Å². The third-order valence-corrected chi connectivity index (χ3v) is 3.07. The van der Waals surface area contributed by atoms with Crippen molar-refractivity contribution in [2.75, 3.05) is 6.54 Å². The Morgan fingerprint density at radius 1 is 1.22 bits per heavy atom. The number of ketones is 2. The molecule has 0 fully saturated rings. The van der Waals surface area contributed by atoms with Gasteiger partial charge in [0, 0.05) is 23.3 Å². The molecule has 0 bridgehead atoms. The van der Waals surface area contributed by atoms with E-state index in [0.717, 1.165) is 0 Å². The smallest absolute Gasteiger partial charge is 0.270 e. The van der Waals surface area contributed by atoms with Crippen molar-refractivity contribution >= 4 is 17.3 Å². The topological polar surface area (TPSA) is 103 Å². The van der Waals surface area contributed by atoms with Crippen molar-refractivity contribution in [3.8, 4) is 0 Å². The van der Waals surface area contributed by atoms with Crippen LogP contribution in [0.2, 0.25) is 0 Å². The van der Waals surface area contributed by atoms with Gasteiger partial charge in [-0.2, -0.15) is 0 Å². The second-order valence-corrected chi connectivity index (χ2v) is 4.20. The van der Waals surface area contributed by atoms with Crippen LogP contribution < -0.4 is 5.73 Å². The first-order chi connectivity index (χ1) is 8.56. The van der Waals surface area contributed by atoms with Crippen LogP contribution in [-0.4, -0.2) is 23.0 Å². The van der Waals surface area contributed by atoms with Gasteiger partial charge in [0.05, 0.1) is 10.8 Å². The van der Waals surface area contributed by atoms with Gasteiger partial charge >= 0.3 is 0 Å². The SMILES string of the molecule is NCCCC1C(=O)c2ccc([N+](=O)[O-])cc2C1=O. The first-order valence-corrected chi connectivity index (χ1v) is 5.63. The Morgan fingerprint density at radius 3 is 2.50 bits per heavy atom. The summed E-state index contributed by atoms with van der Waals surface area (Å²) in [6.07, 6.45) is 0.981. The summed E-state index contributed by atoms with van der Waals surface area (Å²) >= 11 is 0. The zero-order valence-corrected chi connectivity index (χ0v) is 9.59. The van der Waals surface area contributed by atoms with E-state index < -0.39 is 10.8 Å². The lowest BCUT2D eigenvalue weighted by Gasteiger charge is -2.04. The first-order valence-electron chi connectivity index (χ1n) is 5.63. The number of benzene rings is 1. The molecule has 0 heterocycles. The van der Waals surface area contributed by atoms with Crippen LogP contribution in [0.1, 0.15) is 33.6 Å². The summed E-state index contributed by atoms with van der Waals surface area (Å²) < 4.78 is 0. The van der Waals surface area contributed by atoms with Gasteiger partial charge in [0.1, 0.15) is 0 Å². The van der Waals surface area contributed by atoms with Gasteiger partial charge in [0.2, 0.25) is 0 Å². The first kappa shape index (κ1) is 12.4. The molecular weight excluding hydrogens is 236 g/mol. The minimum absolute atomic E-state index is 0.163. The summed E-state index contributed by atoms with van der Waals surface area (Å²) in [5.41, 5.74) is 5.63. The largest absolute Gasteiger partial charge is 0.330 e. The number of hydrogen-bond donors (Lipinski definition) is 1. The highest BCUT2D eigenvalue weighted by Crippen LogP contribution is 2.31. The van der Waals surface area contributed by atoms with E-state index in [2.05, 4.69) is 0 Å². The summed E-state index contributed by atoms with van der Waals surface area (Å²) in [6, 6.07) is 3.78. The predicted molar refractivity (Wildman–Crippen MR) is 63.5 cm³/mol. The standard InChI is InChI=1S/C12H12N2O4/c13-5-1-2-9-11(15)8-4-3-7(14(17)18)6-10(8)12(9)16/h3-4,6,9H,1-2,5,13H2. The molecule has 94 valence electrons. The van der Waals surface area contributed by atoms with Gasteiger partial charge in [0.25, 0.3) is 5.69 Å². The lowest BCUT2D eigenvalue weighted by atomic mass is 9.98. The van der Waals surface area contributed by atoms with Crippen LogP contribution in [0.5, 0.6) is 0 Å². The maximum absolute atomic E-state index is 12.0. The van der Waals surface area contributed by atoms with Gasteiger partial charge in [-0.05, 0) is 25.5 Å². The van der Waals surface area contributed by atoms with Gasteiger partial charge in [-0.1, -0.05) is 0 Å². The minimum Gasteiger partial charge on any atom is -0.330 e. The van der Waals surface area contributed by atoms with E-state index in [-0.39, 0.29) is 28.4 Å². The van der Waals surface area contributed by atoms with Crippen LogP contribution >= 0.6 is 0 Å². The van der Waals surface area contributed by atoms with E-state index in [4.69, 9.17) is 5.73 Å². The van der Waals surface area contributed by atoms with Crippen molar-refractivity contribution in [3.05, 3.63) is 39.4 Å². The van der Waals surface area contributed by atoms with E-state index in [1.54, 1.807) is 0 Å². The van der Waals surface area contributed by atoms with E-state index >= 15 is 0 Å². The van der Waals surface area contributed by atoms with E-state index in [1.807, 2.05) is 0 Å². The Hall–Kier alpha value is -2.08. The van der Waals surface area contributed by atoms with Crippen molar-refractivity contribution < 1.29 is 14.5 Å². The lowest BCUT2D eigenvalue weighted by molar-refractivity contribution is -0.384. The average molecular weight is 248 g/mol. The fraction of sp³-hybridized carbons (Fsp3) is 0.333. The van der Waals surface area contributed by atoms with E-state index in [0.29, 0.717) is 19.4 Å². The monoisotopic (exact) mass is 248 g/mol. The second-order valence-electron chi connectivity index (χ2n) is 4.20. The maximum atomic E-state index is 12.0. The number of hydrogen-bond acceptors (Lipinski definition) is 5. The number of fused-ring (bicyclic) bond motifs is 1. The Balaban J connectivity index is 2.36. The molecule has 2 rings (SSSR count). The highest BCUT2D eigenvalue weighted by Gasteiger charge is 2.38. The fourth-order valence-corrected chi connectivity index (χ4v) is 2.14. The quantitative estimate of drug-likeness (QED) is 0.491. The van der Waals surface area contributed by atoms with Crippen LogP contribution in [0.25, 0.3) is 0 Å². The maximum Gasteiger partial charge on any atom is 0.270 e. The Kier molecular flexibility index (Phi) is 3.20. The average Bonchev–Trinajstić information content (AvgIpc) is 2.59. The molecule has 0 spiro atoms. The summed E-state index contributed by atoms with van der Waals surface area (Å²) in [4.78, 5) is 34.0. The molecule has 0 radical (unpaired) electrons. The minimum atomic E-state index is -0.717. The van der Waals surface area contributed by atoms with Crippen LogP contribution in [0.15, 0.2) is 18.2 Å². The molecule has 0 aliphatic heterocycles. The summed E-state index contributed by atoms with van der Waals surface area (Å²) in [5.74, 6) is -1.30. The summed E-state index contributed by atoms with van der Waals surface area (Å²) in [7, 11) is 0. The number of nitrogens with zero attached hydrogens (tertiary/aromatic N) is 1. The molecule has 1 aliphatic carbocycles. The van der Waals surface area contributed by atoms with Crippen molar-refractivity contribution in [1.82, 2.24) is 0 Å². The zero-order valence-electron chi connectivity index (χ0n) is 9.59. The molecular formula is C12H12N2O4. The molecule has 6 heteroatoms. The Labute approximate surface area is 103 Å². The van der Waals surface area contributed by atoms with E-state index in [1.165, 1.54) is 18.2 Å². The molecule has 1 atom stereocenters. The molecule has 2 N–H and O–H groups in total. The number of Topliss-reactive ketones (excluding diaryl/α,β-unsaturated/α-hetero) is 2. The lowest BCUT2D eigenvalue weighted by Crippen LogP contribution is -2.16. The third kappa shape index (κ3) is 1.91. The molecule has 0 amide bonds. The number of carbonyl (C=O) groups excluding carboxylic acids is 2. The Morgan fingerprint density at radius 2 is 1.89 bits per heavy atom. The normalized spacial score (nSPS) is 17.9. The van der Waals surface area contributed by atoms with Crippen molar-refractivity contribution in [3.63, 3.8) is 0 Å². The number of rotatable bonds is 4. The van der Waals surface area contributed by atoms with Crippen molar-refractivity contribution in [2.24, 2.45) is 11.7 Å². The van der Waals surface area contributed by atoms with Crippen LogP contribution in [0, 0.1) is 16.0 Å². The summed E-state index contributed by atoms with van der Waals surface area (Å²) in [5, 5.41) is 10.6.